The second-order valence-electron chi connectivity index (χ2n) is 7.16. The number of carbonyl (C=O) groups is 1. The van der Waals surface area contributed by atoms with Crippen molar-refractivity contribution in [1.29, 1.82) is 0 Å². The number of nitrogens with zero attached hydrogens (tertiary/aromatic N) is 3. The molecule has 4 rings (SSSR count). The van der Waals surface area contributed by atoms with E-state index in [4.69, 9.17) is 0 Å². The topological polar surface area (TPSA) is 66.3 Å². The lowest BCUT2D eigenvalue weighted by atomic mass is 10.0. The molecule has 156 valence electrons. The molecule has 0 unspecified atom stereocenters. The molecule has 0 spiro atoms. The molecule has 1 atom stereocenters. The third kappa shape index (κ3) is 3.79. The smallest absolute Gasteiger partial charge is 0.408 e. The van der Waals surface area contributed by atoms with Gasteiger partial charge in [0.2, 0.25) is 0 Å². The summed E-state index contributed by atoms with van der Waals surface area (Å²) in [6, 6.07) is 7.66. The van der Waals surface area contributed by atoms with Gasteiger partial charge in [-0.15, -0.1) is 0 Å². The van der Waals surface area contributed by atoms with Gasteiger partial charge in [0, 0.05) is 12.1 Å². The molecule has 0 saturated carbocycles. The van der Waals surface area contributed by atoms with Crippen LogP contribution in [-0.2, 0) is 0 Å². The Labute approximate surface area is 169 Å². The fraction of sp³-hybridized carbons (Fsp3) is 0.286. The predicted molar refractivity (Wildman–Crippen MR) is 103 cm³/mol. The molecule has 9 heteroatoms. The van der Waals surface area contributed by atoms with Crippen LogP contribution in [0.15, 0.2) is 42.5 Å². The van der Waals surface area contributed by atoms with Gasteiger partial charge >= 0.3 is 12.1 Å². The maximum absolute atomic E-state index is 13.7. The summed E-state index contributed by atoms with van der Waals surface area (Å²) in [5.41, 5.74) is 1.10. The van der Waals surface area contributed by atoms with Crippen molar-refractivity contribution in [3.8, 4) is 11.3 Å². The van der Waals surface area contributed by atoms with Crippen molar-refractivity contribution in [3.05, 3.63) is 53.8 Å². The molecule has 1 N–H and O–H groups in total. The third-order valence-electron chi connectivity index (χ3n) is 5.16. The molecular formula is C21H17F4N3O2. The molecule has 5 nitrogen and oxygen atoms in total. The van der Waals surface area contributed by atoms with E-state index in [1.165, 1.54) is 47.4 Å². The number of fused-ring (bicyclic) bond motifs is 1. The van der Waals surface area contributed by atoms with Gasteiger partial charge in [0.1, 0.15) is 17.6 Å². The van der Waals surface area contributed by atoms with Crippen LogP contribution in [0.25, 0.3) is 22.3 Å². The number of anilines is 1. The maximum atomic E-state index is 13.7. The van der Waals surface area contributed by atoms with Crippen molar-refractivity contribution in [2.75, 3.05) is 11.4 Å². The SMILES string of the molecule is O=C(O)c1ccc2nc(-c3ccc(F)cc3)c(N3CCCC[C@@H]3C(F)(F)F)nc2c1. The van der Waals surface area contributed by atoms with E-state index < -0.39 is 24.0 Å². The van der Waals surface area contributed by atoms with Crippen LogP contribution in [0.5, 0.6) is 0 Å². The van der Waals surface area contributed by atoms with Crippen LogP contribution in [0.1, 0.15) is 29.6 Å². The molecule has 1 aromatic heterocycles. The molecule has 3 aromatic rings. The number of halogens is 4. The van der Waals surface area contributed by atoms with Gasteiger partial charge in [0.05, 0.1) is 16.6 Å². The van der Waals surface area contributed by atoms with Gasteiger partial charge in [0.15, 0.2) is 5.82 Å². The summed E-state index contributed by atoms with van der Waals surface area (Å²) in [7, 11) is 0. The van der Waals surface area contributed by atoms with Gasteiger partial charge in [-0.2, -0.15) is 13.2 Å². The predicted octanol–water partition coefficient (Wildman–Crippen LogP) is 5.06. The highest BCUT2D eigenvalue weighted by molar-refractivity contribution is 5.93. The molecular weight excluding hydrogens is 402 g/mol. The van der Waals surface area contributed by atoms with Crippen LogP contribution in [0.4, 0.5) is 23.4 Å². The first-order valence-corrected chi connectivity index (χ1v) is 9.38. The van der Waals surface area contributed by atoms with E-state index in [0.717, 1.165) is 0 Å². The Morgan fingerprint density at radius 2 is 1.77 bits per heavy atom. The number of alkyl halides is 3. The Balaban J connectivity index is 1.94. The summed E-state index contributed by atoms with van der Waals surface area (Å²) in [6.45, 7) is 0.136. The van der Waals surface area contributed by atoms with E-state index in [-0.39, 0.29) is 35.6 Å². The van der Waals surface area contributed by atoms with Gasteiger partial charge in [-0.25, -0.2) is 19.2 Å². The van der Waals surface area contributed by atoms with Gasteiger partial charge in [-0.3, -0.25) is 0 Å². The van der Waals surface area contributed by atoms with Gasteiger partial charge in [-0.1, -0.05) is 0 Å². The van der Waals surface area contributed by atoms with Crippen molar-refractivity contribution >= 4 is 22.8 Å². The minimum atomic E-state index is -4.46. The molecule has 2 heterocycles. The van der Waals surface area contributed by atoms with Crippen LogP contribution in [0.2, 0.25) is 0 Å². The number of rotatable bonds is 3. The minimum absolute atomic E-state index is 0.0127. The van der Waals surface area contributed by atoms with Crippen molar-refractivity contribution in [2.24, 2.45) is 0 Å². The first-order valence-electron chi connectivity index (χ1n) is 9.38. The third-order valence-corrected chi connectivity index (χ3v) is 5.16. The van der Waals surface area contributed by atoms with Crippen LogP contribution < -0.4 is 4.90 Å². The number of hydrogen-bond donors (Lipinski definition) is 1. The summed E-state index contributed by atoms with van der Waals surface area (Å²) in [5, 5.41) is 9.23. The van der Waals surface area contributed by atoms with Crippen molar-refractivity contribution < 1.29 is 27.5 Å². The fourth-order valence-electron chi connectivity index (χ4n) is 3.71. The second-order valence-corrected chi connectivity index (χ2v) is 7.16. The van der Waals surface area contributed by atoms with E-state index in [1.54, 1.807) is 0 Å². The molecule has 0 aliphatic carbocycles. The zero-order valence-corrected chi connectivity index (χ0v) is 15.7. The quantitative estimate of drug-likeness (QED) is 0.602. The summed E-state index contributed by atoms with van der Waals surface area (Å²) >= 11 is 0. The molecule has 1 saturated heterocycles. The second kappa shape index (κ2) is 7.55. The zero-order chi connectivity index (χ0) is 21.5. The van der Waals surface area contributed by atoms with E-state index in [1.807, 2.05) is 0 Å². The van der Waals surface area contributed by atoms with Crippen LogP contribution in [0, 0.1) is 5.82 Å². The van der Waals surface area contributed by atoms with Crippen molar-refractivity contribution in [1.82, 2.24) is 9.97 Å². The normalized spacial score (nSPS) is 17.3. The number of piperidine rings is 1. The molecule has 0 amide bonds. The minimum Gasteiger partial charge on any atom is -0.478 e. The van der Waals surface area contributed by atoms with Crippen LogP contribution in [-0.4, -0.2) is 39.8 Å². The summed E-state index contributed by atoms with van der Waals surface area (Å²) < 4.78 is 54.6. The average molecular weight is 419 g/mol. The molecule has 1 aliphatic rings. The monoisotopic (exact) mass is 419 g/mol. The van der Waals surface area contributed by atoms with Gasteiger partial charge in [0.25, 0.3) is 0 Å². The van der Waals surface area contributed by atoms with E-state index in [0.29, 0.717) is 23.9 Å². The summed E-state index contributed by atoms with van der Waals surface area (Å²) in [5.74, 6) is -1.64. The molecule has 1 fully saturated rings. The average Bonchev–Trinajstić information content (AvgIpc) is 2.72. The largest absolute Gasteiger partial charge is 0.478 e. The molecule has 30 heavy (non-hydrogen) atoms. The number of hydrogen-bond acceptors (Lipinski definition) is 4. The van der Waals surface area contributed by atoms with Crippen LogP contribution >= 0.6 is 0 Å². The molecule has 0 radical (unpaired) electrons. The summed E-state index contributed by atoms with van der Waals surface area (Å²) in [4.78, 5) is 21.4. The molecule has 2 aromatic carbocycles. The van der Waals surface area contributed by atoms with E-state index in [9.17, 15) is 27.5 Å². The Morgan fingerprint density at radius 3 is 2.43 bits per heavy atom. The Kier molecular flexibility index (Phi) is 5.05. The number of aromatic nitrogens is 2. The lowest BCUT2D eigenvalue weighted by molar-refractivity contribution is -0.152. The number of carboxylic acids is 1. The lowest BCUT2D eigenvalue weighted by Crippen LogP contribution is -2.49. The molecule has 1 aliphatic heterocycles. The lowest BCUT2D eigenvalue weighted by Gasteiger charge is -2.38. The standard InChI is InChI=1S/C21H17F4N3O2/c22-14-7-4-12(5-8-14)18-19(28-10-2-1-3-17(28)21(23,24)25)27-16-11-13(20(29)30)6-9-15(16)26-18/h4-9,11,17H,1-3,10H2,(H,29,30)/t17-/m1/s1. The maximum Gasteiger partial charge on any atom is 0.408 e. The molecule has 0 bridgehead atoms. The van der Waals surface area contributed by atoms with E-state index >= 15 is 0 Å². The van der Waals surface area contributed by atoms with Gasteiger partial charge in [-0.05, 0) is 61.7 Å². The highest BCUT2D eigenvalue weighted by Crippen LogP contribution is 2.38. The first-order chi connectivity index (χ1) is 14.2. The fourth-order valence-corrected chi connectivity index (χ4v) is 3.71. The Hall–Kier alpha value is -3.23. The zero-order valence-electron chi connectivity index (χ0n) is 15.7. The summed E-state index contributed by atoms with van der Waals surface area (Å²) in [6.07, 6.45) is -3.53. The number of carboxylic acid groups (broad SMARTS) is 1. The van der Waals surface area contributed by atoms with E-state index in [2.05, 4.69) is 9.97 Å². The number of aromatic carboxylic acids is 1. The first kappa shape index (κ1) is 20.1. The van der Waals surface area contributed by atoms with Gasteiger partial charge < -0.3 is 10.0 Å². The highest BCUT2D eigenvalue weighted by atomic mass is 19.4. The Morgan fingerprint density at radius 1 is 1.03 bits per heavy atom. The highest BCUT2D eigenvalue weighted by Gasteiger charge is 2.45. The Bertz CT molecular complexity index is 1100. The van der Waals surface area contributed by atoms with Crippen molar-refractivity contribution in [2.45, 2.75) is 31.5 Å². The van der Waals surface area contributed by atoms with Crippen molar-refractivity contribution in [3.63, 3.8) is 0 Å². The number of benzene rings is 2. The van der Waals surface area contributed by atoms with Crippen LogP contribution in [0.3, 0.4) is 0 Å².